The number of aromatic nitrogens is 1. The number of furan rings is 1. The molecule has 0 aliphatic heterocycles. The normalized spacial score (nSPS) is 11.5. The van der Waals surface area contributed by atoms with Gasteiger partial charge in [-0.15, -0.1) is 0 Å². The Labute approximate surface area is 164 Å². The zero-order chi connectivity index (χ0) is 20.1. The molecule has 1 aromatic carbocycles. The Morgan fingerprint density at radius 2 is 1.89 bits per heavy atom. The number of nitrogens with zero attached hydrogens (tertiary/aromatic N) is 3. The molecule has 0 bridgehead atoms. The number of rotatable bonds is 7. The van der Waals surface area contributed by atoms with Crippen molar-refractivity contribution >= 4 is 15.9 Å². The minimum absolute atomic E-state index is 0.0719. The Hall–Kier alpha value is -2.97. The van der Waals surface area contributed by atoms with Crippen LogP contribution in [0.5, 0.6) is 0 Å². The third-order valence-electron chi connectivity index (χ3n) is 4.17. The van der Waals surface area contributed by atoms with Crippen LogP contribution in [-0.2, 0) is 23.1 Å². The van der Waals surface area contributed by atoms with Crippen LogP contribution >= 0.6 is 0 Å². The van der Waals surface area contributed by atoms with Crippen molar-refractivity contribution in [2.24, 2.45) is 0 Å². The molecule has 0 radical (unpaired) electrons. The number of pyridine rings is 1. The predicted octanol–water partition coefficient (Wildman–Crippen LogP) is 2.77. The highest BCUT2D eigenvalue weighted by molar-refractivity contribution is 7.89. The summed E-state index contributed by atoms with van der Waals surface area (Å²) in [6, 6.07) is 13.3. The molecule has 0 saturated carbocycles. The fraction of sp³-hybridized carbons (Fsp3) is 0.200. The SMILES string of the molecule is CN(C)S(=O)(=O)c1cccc(C(=O)N(Cc2cccnc2)Cc2ccco2)c1. The van der Waals surface area contributed by atoms with Gasteiger partial charge in [-0.25, -0.2) is 12.7 Å². The van der Waals surface area contributed by atoms with E-state index in [9.17, 15) is 13.2 Å². The van der Waals surface area contributed by atoms with Gasteiger partial charge < -0.3 is 9.32 Å². The van der Waals surface area contributed by atoms with Gasteiger partial charge in [-0.2, -0.15) is 0 Å². The molecule has 146 valence electrons. The number of carbonyl (C=O) groups is 1. The first-order valence-electron chi connectivity index (χ1n) is 8.61. The molecule has 1 amide bonds. The Kier molecular flexibility index (Phi) is 5.91. The van der Waals surface area contributed by atoms with Crippen LogP contribution in [-0.4, -0.2) is 42.6 Å². The summed E-state index contributed by atoms with van der Waals surface area (Å²) in [5, 5.41) is 0. The summed E-state index contributed by atoms with van der Waals surface area (Å²) < 4.78 is 31.3. The highest BCUT2D eigenvalue weighted by atomic mass is 32.2. The van der Waals surface area contributed by atoms with Crippen LogP contribution in [0.15, 0.2) is 76.5 Å². The minimum Gasteiger partial charge on any atom is -0.467 e. The second kappa shape index (κ2) is 8.37. The lowest BCUT2D eigenvalue weighted by Crippen LogP contribution is -2.30. The molecule has 2 aromatic heterocycles. The van der Waals surface area contributed by atoms with E-state index >= 15 is 0 Å². The standard InChI is InChI=1S/C20H21N3O4S/c1-22(2)28(25,26)19-9-3-7-17(12-19)20(24)23(15-18-8-5-11-27-18)14-16-6-4-10-21-13-16/h3-13H,14-15H2,1-2H3. The van der Waals surface area contributed by atoms with E-state index in [4.69, 9.17) is 4.42 Å². The lowest BCUT2D eigenvalue weighted by molar-refractivity contribution is 0.0717. The lowest BCUT2D eigenvalue weighted by atomic mass is 10.1. The molecule has 0 atom stereocenters. The number of benzene rings is 1. The summed E-state index contributed by atoms with van der Waals surface area (Å²) >= 11 is 0. The van der Waals surface area contributed by atoms with Crippen molar-refractivity contribution < 1.29 is 17.6 Å². The van der Waals surface area contributed by atoms with Crippen LogP contribution in [0, 0.1) is 0 Å². The third kappa shape index (κ3) is 4.47. The van der Waals surface area contributed by atoms with Gasteiger partial charge in [-0.05, 0) is 42.0 Å². The van der Waals surface area contributed by atoms with Gasteiger partial charge >= 0.3 is 0 Å². The van der Waals surface area contributed by atoms with Gasteiger partial charge in [-0.1, -0.05) is 12.1 Å². The summed E-state index contributed by atoms with van der Waals surface area (Å²) in [6.07, 6.45) is 4.90. The van der Waals surface area contributed by atoms with E-state index in [2.05, 4.69) is 4.98 Å². The molecule has 0 unspecified atom stereocenters. The average molecular weight is 399 g/mol. The Morgan fingerprint density at radius 3 is 2.54 bits per heavy atom. The minimum atomic E-state index is -3.63. The molecule has 3 rings (SSSR count). The number of sulfonamides is 1. The highest BCUT2D eigenvalue weighted by Gasteiger charge is 2.22. The Bertz CT molecular complexity index is 1030. The van der Waals surface area contributed by atoms with Crippen molar-refractivity contribution in [3.8, 4) is 0 Å². The van der Waals surface area contributed by atoms with Crippen LogP contribution in [0.2, 0.25) is 0 Å². The molecule has 0 fully saturated rings. The largest absolute Gasteiger partial charge is 0.467 e. The maximum Gasteiger partial charge on any atom is 0.254 e. The Balaban J connectivity index is 1.92. The molecular weight excluding hydrogens is 378 g/mol. The fourth-order valence-corrected chi connectivity index (χ4v) is 3.63. The van der Waals surface area contributed by atoms with Crippen molar-refractivity contribution in [3.05, 3.63) is 84.1 Å². The van der Waals surface area contributed by atoms with Crippen LogP contribution < -0.4 is 0 Å². The third-order valence-corrected chi connectivity index (χ3v) is 5.98. The van der Waals surface area contributed by atoms with Crippen molar-refractivity contribution in [1.29, 1.82) is 0 Å². The molecule has 28 heavy (non-hydrogen) atoms. The van der Waals surface area contributed by atoms with Gasteiger partial charge in [0, 0.05) is 38.6 Å². The van der Waals surface area contributed by atoms with Gasteiger partial charge in [0.1, 0.15) is 5.76 Å². The number of hydrogen-bond acceptors (Lipinski definition) is 5. The zero-order valence-corrected chi connectivity index (χ0v) is 16.5. The number of hydrogen-bond donors (Lipinski definition) is 0. The van der Waals surface area contributed by atoms with E-state index in [1.54, 1.807) is 53.9 Å². The van der Waals surface area contributed by atoms with E-state index in [1.165, 1.54) is 26.2 Å². The van der Waals surface area contributed by atoms with E-state index in [-0.39, 0.29) is 17.3 Å². The maximum atomic E-state index is 13.2. The molecule has 7 nitrogen and oxygen atoms in total. The molecule has 0 spiro atoms. The lowest BCUT2D eigenvalue weighted by Gasteiger charge is -2.22. The molecule has 2 heterocycles. The molecule has 8 heteroatoms. The molecule has 3 aromatic rings. The quantitative estimate of drug-likeness (QED) is 0.610. The predicted molar refractivity (Wildman–Crippen MR) is 104 cm³/mol. The second-order valence-electron chi connectivity index (χ2n) is 6.42. The van der Waals surface area contributed by atoms with Crippen LogP contribution in [0.25, 0.3) is 0 Å². The van der Waals surface area contributed by atoms with E-state index in [1.807, 2.05) is 6.07 Å². The summed E-state index contributed by atoms with van der Waals surface area (Å²) in [5.74, 6) is 0.338. The van der Waals surface area contributed by atoms with E-state index in [0.29, 0.717) is 17.9 Å². The summed E-state index contributed by atoms with van der Waals surface area (Å²) in [4.78, 5) is 18.9. The molecule has 0 aliphatic carbocycles. The summed E-state index contributed by atoms with van der Waals surface area (Å²) in [6.45, 7) is 0.573. The average Bonchev–Trinajstić information content (AvgIpc) is 3.21. The van der Waals surface area contributed by atoms with Gasteiger partial charge in [-0.3, -0.25) is 9.78 Å². The van der Waals surface area contributed by atoms with Gasteiger partial charge in [0.25, 0.3) is 5.91 Å². The van der Waals surface area contributed by atoms with Crippen LogP contribution in [0.1, 0.15) is 21.7 Å². The van der Waals surface area contributed by atoms with Crippen molar-refractivity contribution in [2.75, 3.05) is 14.1 Å². The summed E-state index contributed by atoms with van der Waals surface area (Å²) in [5.41, 5.74) is 1.15. The number of carbonyl (C=O) groups excluding carboxylic acids is 1. The van der Waals surface area contributed by atoms with E-state index in [0.717, 1.165) is 9.87 Å². The van der Waals surface area contributed by atoms with Gasteiger partial charge in [0.05, 0.1) is 17.7 Å². The van der Waals surface area contributed by atoms with Gasteiger partial charge in [0.2, 0.25) is 10.0 Å². The monoisotopic (exact) mass is 399 g/mol. The van der Waals surface area contributed by atoms with Gasteiger partial charge in [0.15, 0.2) is 0 Å². The second-order valence-corrected chi connectivity index (χ2v) is 8.57. The van der Waals surface area contributed by atoms with Crippen LogP contribution in [0.3, 0.4) is 0 Å². The smallest absolute Gasteiger partial charge is 0.254 e. The van der Waals surface area contributed by atoms with Crippen molar-refractivity contribution in [1.82, 2.24) is 14.2 Å². The molecule has 0 saturated heterocycles. The Morgan fingerprint density at radius 1 is 1.07 bits per heavy atom. The van der Waals surface area contributed by atoms with Crippen molar-refractivity contribution in [2.45, 2.75) is 18.0 Å². The number of amides is 1. The first kappa shape index (κ1) is 19.8. The zero-order valence-electron chi connectivity index (χ0n) is 15.6. The summed E-state index contributed by atoms with van der Waals surface area (Å²) in [7, 11) is -0.726. The first-order chi connectivity index (χ1) is 13.4. The molecular formula is C20H21N3O4S. The first-order valence-corrected chi connectivity index (χ1v) is 10.0. The van der Waals surface area contributed by atoms with Crippen LogP contribution in [0.4, 0.5) is 0 Å². The fourth-order valence-electron chi connectivity index (χ4n) is 2.69. The maximum absolute atomic E-state index is 13.2. The topological polar surface area (TPSA) is 83.7 Å². The molecule has 0 aliphatic rings. The molecule has 0 N–H and O–H groups in total. The highest BCUT2D eigenvalue weighted by Crippen LogP contribution is 2.19. The van der Waals surface area contributed by atoms with Crippen molar-refractivity contribution in [3.63, 3.8) is 0 Å². The van der Waals surface area contributed by atoms with E-state index < -0.39 is 10.0 Å².